The second-order valence-electron chi connectivity index (χ2n) is 4.74. The van der Waals surface area contributed by atoms with Crippen LogP contribution in [0.1, 0.15) is 11.1 Å². The normalized spacial score (nSPS) is 12.7. The fourth-order valence-corrected chi connectivity index (χ4v) is 2.54. The van der Waals surface area contributed by atoms with Gasteiger partial charge < -0.3 is 14.8 Å². The average Bonchev–Trinajstić information content (AvgIpc) is 2.92. The van der Waals surface area contributed by atoms with Crippen LogP contribution in [0.4, 0.5) is 5.69 Å². The SMILES string of the molecule is COc1ccc(Cl)cc1NCc1ccc2c(c1)CCO2. The summed E-state index contributed by atoms with van der Waals surface area (Å²) in [4.78, 5) is 0. The monoisotopic (exact) mass is 289 g/mol. The minimum absolute atomic E-state index is 0.690. The van der Waals surface area contributed by atoms with Gasteiger partial charge in [-0.25, -0.2) is 0 Å². The van der Waals surface area contributed by atoms with E-state index < -0.39 is 0 Å². The molecular weight excluding hydrogens is 274 g/mol. The number of rotatable bonds is 4. The van der Waals surface area contributed by atoms with Crippen molar-refractivity contribution in [1.82, 2.24) is 0 Å². The van der Waals surface area contributed by atoms with E-state index in [0.717, 1.165) is 36.8 Å². The van der Waals surface area contributed by atoms with E-state index >= 15 is 0 Å². The highest BCUT2D eigenvalue weighted by Gasteiger charge is 2.12. The van der Waals surface area contributed by atoms with Gasteiger partial charge in [0.1, 0.15) is 11.5 Å². The van der Waals surface area contributed by atoms with Crippen LogP contribution in [0.25, 0.3) is 0 Å². The highest BCUT2D eigenvalue weighted by atomic mass is 35.5. The van der Waals surface area contributed by atoms with E-state index in [1.165, 1.54) is 11.1 Å². The maximum Gasteiger partial charge on any atom is 0.142 e. The Balaban J connectivity index is 1.75. The predicted molar refractivity (Wildman–Crippen MR) is 81.0 cm³/mol. The van der Waals surface area contributed by atoms with Gasteiger partial charge in [-0.15, -0.1) is 0 Å². The van der Waals surface area contributed by atoms with Crippen LogP contribution >= 0.6 is 11.6 Å². The highest BCUT2D eigenvalue weighted by Crippen LogP contribution is 2.29. The zero-order chi connectivity index (χ0) is 13.9. The molecule has 0 radical (unpaired) electrons. The molecule has 0 spiro atoms. The van der Waals surface area contributed by atoms with Gasteiger partial charge >= 0.3 is 0 Å². The number of ether oxygens (including phenoxy) is 2. The molecule has 2 aromatic rings. The largest absolute Gasteiger partial charge is 0.495 e. The van der Waals surface area contributed by atoms with Crippen molar-refractivity contribution in [3.63, 3.8) is 0 Å². The van der Waals surface area contributed by atoms with Gasteiger partial charge in [-0.05, 0) is 35.4 Å². The van der Waals surface area contributed by atoms with Crippen LogP contribution in [-0.4, -0.2) is 13.7 Å². The first-order valence-electron chi connectivity index (χ1n) is 6.58. The van der Waals surface area contributed by atoms with Gasteiger partial charge in [-0.2, -0.15) is 0 Å². The van der Waals surface area contributed by atoms with Crippen LogP contribution in [0.3, 0.4) is 0 Å². The molecule has 0 atom stereocenters. The van der Waals surface area contributed by atoms with Gasteiger partial charge in [-0.3, -0.25) is 0 Å². The van der Waals surface area contributed by atoms with Crippen LogP contribution < -0.4 is 14.8 Å². The Morgan fingerprint density at radius 3 is 3.00 bits per heavy atom. The fraction of sp³-hybridized carbons (Fsp3) is 0.250. The molecule has 1 aliphatic heterocycles. The summed E-state index contributed by atoms with van der Waals surface area (Å²) in [6.07, 6.45) is 0.990. The Labute approximate surface area is 123 Å². The zero-order valence-electron chi connectivity index (χ0n) is 11.3. The summed E-state index contributed by atoms with van der Waals surface area (Å²) < 4.78 is 10.8. The summed E-state index contributed by atoms with van der Waals surface area (Å²) in [7, 11) is 1.65. The molecule has 1 aliphatic rings. The van der Waals surface area contributed by atoms with E-state index in [1.54, 1.807) is 7.11 Å². The molecule has 0 aromatic heterocycles. The molecule has 4 heteroatoms. The molecule has 0 fully saturated rings. The van der Waals surface area contributed by atoms with Crippen molar-refractivity contribution in [3.8, 4) is 11.5 Å². The Bertz CT molecular complexity index is 628. The van der Waals surface area contributed by atoms with Gasteiger partial charge in [0, 0.05) is 18.0 Å². The van der Waals surface area contributed by atoms with Gasteiger partial charge in [0.05, 0.1) is 19.4 Å². The van der Waals surface area contributed by atoms with Gasteiger partial charge in [0.15, 0.2) is 0 Å². The molecule has 0 amide bonds. The molecule has 0 unspecified atom stereocenters. The third kappa shape index (κ3) is 2.68. The first-order chi connectivity index (χ1) is 9.76. The summed E-state index contributed by atoms with van der Waals surface area (Å²) in [5, 5.41) is 4.05. The van der Waals surface area contributed by atoms with Gasteiger partial charge in [0.2, 0.25) is 0 Å². The van der Waals surface area contributed by atoms with Crippen LogP contribution in [0.2, 0.25) is 5.02 Å². The molecule has 104 valence electrons. The Kier molecular flexibility index (Phi) is 3.70. The second-order valence-corrected chi connectivity index (χ2v) is 5.18. The molecule has 1 N–H and O–H groups in total. The summed E-state index contributed by atoms with van der Waals surface area (Å²) in [5.41, 5.74) is 3.40. The van der Waals surface area contributed by atoms with Crippen molar-refractivity contribution < 1.29 is 9.47 Å². The van der Waals surface area contributed by atoms with E-state index in [-0.39, 0.29) is 0 Å². The lowest BCUT2D eigenvalue weighted by Gasteiger charge is -2.12. The lowest BCUT2D eigenvalue weighted by Crippen LogP contribution is -2.01. The third-order valence-electron chi connectivity index (χ3n) is 3.40. The third-order valence-corrected chi connectivity index (χ3v) is 3.63. The number of benzene rings is 2. The molecule has 3 rings (SSSR count). The van der Waals surface area contributed by atoms with Crippen LogP contribution in [0.5, 0.6) is 11.5 Å². The van der Waals surface area contributed by atoms with Crippen molar-refractivity contribution in [3.05, 3.63) is 52.5 Å². The quantitative estimate of drug-likeness (QED) is 0.926. The Morgan fingerprint density at radius 2 is 2.15 bits per heavy atom. The lowest BCUT2D eigenvalue weighted by molar-refractivity contribution is 0.357. The van der Waals surface area contributed by atoms with Crippen molar-refractivity contribution in [2.45, 2.75) is 13.0 Å². The summed E-state index contributed by atoms with van der Waals surface area (Å²) in [6, 6.07) is 11.9. The van der Waals surface area contributed by atoms with Crippen LogP contribution in [-0.2, 0) is 13.0 Å². The predicted octanol–water partition coefficient (Wildman–Crippen LogP) is 3.90. The van der Waals surface area contributed by atoms with Crippen molar-refractivity contribution in [2.75, 3.05) is 19.0 Å². The van der Waals surface area contributed by atoms with Crippen molar-refractivity contribution >= 4 is 17.3 Å². The molecule has 0 saturated heterocycles. The number of fused-ring (bicyclic) bond motifs is 1. The van der Waals surface area contributed by atoms with Gasteiger partial charge in [-0.1, -0.05) is 23.7 Å². The Morgan fingerprint density at radius 1 is 1.25 bits per heavy atom. The van der Waals surface area contributed by atoms with E-state index in [4.69, 9.17) is 21.1 Å². The molecule has 2 aromatic carbocycles. The molecule has 3 nitrogen and oxygen atoms in total. The summed E-state index contributed by atoms with van der Waals surface area (Å²) in [6.45, 7) is 1.51. The molecule has 20 heavy (non-hydrogen) atoms. The maximum absolute atomic E-state index is 6.02. The fourth-order valence-electron chi connectivity index (χ4n) is 2.37. The minimum Gasteiger partial charge on any atom is -0.495 e. The number of anilines is 1. The van der Waals surface area contributed by atoms with Crippen LogP contribution in [0, 0.1) is 0 Å². The highest BCUT2D eigenvalue weighted by molar-refractivity contribution is 6.30. The number of hydrogen-bond donors (Lipinski definition) is 1. The number of hydrogen-bond acceptors (Lipinski definition) is 3. The number of methoxy groups -OCH3 is 1. The molecule has 0 aliphatic carbocycles. The minimum atomic E-state index is 0.690. The second kappa shape index (κ2) is 5.63. The molecular formula is C16H16ClNO2. The number of nitrogens with one attached hydrogen (secondary N) is 1. The van der Waals surface area contributed by atoms with E-state index in [0.29, 0.717) is 5.02 Å². The smallest absolute Gasteiger partial charge is 0.142 e. The molecule has 0 saturated carbocycles. The van der Waals surface area contributed by atoms with E-state index in [2.05, 4.69) is 17.4 Å². The first-order valence-corrected chi connectivity index (χ1v) is 6.96. The lowest BCUT2D eigenvalue weighted by atomic mass is 10.1. The maximum atomic E-state index is 6.02. The zero-order valence-corrected chi connectivity index (χ0v) is 12.0. The standard InChI is InChI=1S/C16H16ClNO2/c1-19-16-5-3-13(17)9-14(16)18-10-11-2-4-15-12(8-11)6-7-20-15/h2-5,8-9,18H,6-7,10H2,1H3. The van der Waals surface area contributed by atoms with Crippen molar-refractivity contribution in [2.24, 2.45) is 0 Å². The van der Waals surface area contributed by atoms with Gasteiger partial charge in [0.25, 0.3) is 0 Å². The summed E-state index contributed by atoms with van der Waals surface area (Å²) >= 11 is 6.02. The summed E-state index contributed by atoms with van der Waals surface area (Å²) in [5.74, 6) is 1.80. The van der Waals surface area contributed by atoms with E-state index in [1.807, 2.05) is 24.3 Å². The number of halogens is 1. The molecule has 0 bridgehead atoms. The first kappa shape index (κ1) is 13.1. The van der Waals surface area contributed by atoms with Crippen molar-refractivity contribution in [1.29, 1.82) is 0 Å². The topological polar surface area (TPSA) is 30.5 Å². The van der Waals surface area contributed by atoms with E-state index in [9.17, 15) is 0 Å². The molecule has 1 heterocycles. The Hall–Kier alpha value is -1.87. The van der Waals surface area contributed by atoms with Crippen LogP contribution in [0.15, 0.2) is 36.4 Å². The average molecular weight is 290 g/mol.